The summed E-state index contributed by atoms with van der Waals surface area (Å²) in [6, 6.07) is 0.697. The van der Waals surface area contributed by atoms with Gasteiger partial charge in [0.25, 0.3) is 0 Å². The molecule has 0 spiro atoms. The molecule has 6 heterocycles. The smallest absolute Gasteiger partial charge is 0.373 e. The maximum absolute atomic E-state index is 7.46. The Morgan fingerprint density at radius 2 is 0.689 bits per heavy atom. The summed E-state index contributed by atoms with van der Waals surface area (Å²) in [5.41, 5.74) is -1.46. The maximum atomic E-state index is 7.46. The third-order valence-electron chi connectivity index (χ3n) is 8.77. The van der Waals surface area contributed by atoms with Gasteiger partial charge in [0.15, 0.2) is 0 Å². The predicted octanol–water partition coefficient (Wildman–Crippen LogP) is 6.73. The Bertz CT molecular complexity index is 992. The van der Waals surface area contributed by atoms with Gasteiger partial charge < -0.3 is 49.4 Å². The second kappa shape index (κ2) is 12.5. The van der Waals surface area contributed by atoms with Crippen LogP contribution in [-0.2, 0) is 49.4 Å². The zero-order valence-electron chi connectivity index (χ0n) is 28.9. The van der Waals surface area contributed by atoms with E-state index < -0.39 is 70.4 Å². The lowest BCUT2D eigenvalue weighted by Crippen LogP contribution is -2.90. The van der Waals surface area contributed by atoms with Crippen LogP contribution in [0.3, 0.4) is 0 Å². The number of hydrogen-bond acceptors (Lipinski definition) is 13. The first-order chi connectivity index (χ1) is 20.8. The zero-order chi connectivity index (χ0) is 33.5. The molecule has 6 saturated heterocycles. The van der Waals surface area contributed by atoms with Gasteiger partial charge >= 0.3 is 70.4 Å². The minimum Gasteiger partial charge on any atom is -0.373 e. The third kappa shape index (κ3) is 6.08. The van der Waals surface area contributed by atoms with Gasteiger partial charge in [-0.3, -0.25) is 0 Å². The van der Waals surface area contributed by atoms with Gasteiger partial charge in [0, 0.05) is 45.3 Å². The monoisotopic (exact) mass is 790 g/mol. The van der Waals surface area contributed by atoms with Crippen molar-refractivity contribution < 1.29 is 49.4 Å². The van der Waals surface area contributed by atoms with Crippen molar-refractivity contribution in [2.24, 2.45) is 0 Å². The van der Waals surface area contributed by atoms with Crippen molar-refractivity contribution >= 4 is 83.1 Å². The molecule has 0 amide bonds. The second-order valence-electron chi connectivity index (χ2n) is 14.5. The minimum atomic E-state index is -3.88. The van der Waals surface area contributed by atoms with Gasteiger partial charge in [0.1, 0.15) is 0 Å². The molecule has 45 heavy (non-hydrogen) atoms. The van der Waals surface area contributed by atoms with Crippen LogP contribution >= 0.6 is 12.6 Å². The van der Waals surface area contributed by atoms with Crippen LogP contribution in [0.4, 0.5) is 0 Å². The summed E-state index contributed by atoms with van der Waals surface area (Å²) in [7, 11) is -30.9. The normalized spacial score (nSPS) is 46.3. The number of allylic oxidation sites excluding steroid dienone is 1. The largest absolute Gasteiger partial charge is 0.482 e. The molecular weight excluding hydrogens is 737 g/mol. The van der Waals surface area contributed by atoms with E-state index in [4.69, 9.17) is 49.4 Å². The highest BCUT2D eigenvalue weighted by molar-refractivity contribution is 7.80. The zero-order valence-corrected chi connectivity index (χ0v) is 37.8. The van der Waals surface area contributed by atoms with Crippen LogP contribution in [0.1, 0.15) is 89.5 Å². The summed E-state index contributed by atoms with van der Waals surface area (Å²) in [6.07, 6.45) is 2.42. The van der Waals surface area contributed by atoms with Gasteiger partial charge in [0.05, 0.1) is 0 Å². The van der Waals surface area contributed by atoms with E-state index in [1.54, 1.807) is 6.08 Å². The van der Waals surface area contributed by atoms with E-state index >= 15 is 0 Å². The summed E-state index contributed by atoms with van der Waals surface area (Å²) >= 11 is 4.58. The summed E-state index contributed by atoms with van der Waals surface area (Å²) in [4.78, 5) is 0. The molecular formula is C24H54O12SSi8. The van der Waals surface area contributed by atoms with E-state index in [9.17, 15) is 0 Å². The molecule has 0 aliphatic carbocycles. The molecule has 6 aliphatic heterocycles. The molecule has 0 saturated carbocycles. The topological polar surface area (TPSA) is 111 Å². The van der Waals surface area contributed by atoms with Gasteiger partial charge in [-0.1, -0.05) is 89.2 Å². The van der Waals surface area contributed by atoms with Crippen LogP contribution in [0.2, 0.25) is 45.3 Å². The Kier molecular flexibility index (Phi) is 10.5. The second-order valence-corrected chi connectivity index (χ2v) is 42.5. The molecule has 6 rings (SSSR count). The van der Waals surface area contributed by atoms with Gasteiger partial charge in [-0.05, 0) is 12.2 Å². The van der Waals surface area contributed by atoms with Crippen LogP contribution in [0.25, 0.3) is 0 Å². The summed E-state index contributed by atoms with van der Waals surface area (Å²) in [5, 5.41) is 0. The molecule has 0 aromatic rings. The first kappa shape index (κ1) is 37.6. The van der Waals surface area contributed by atoms with Crippen LogP contribution in [-0.4, -0.2) is 76.2 Å². The standard InChI is InChI=1S/C24H54O12SSi8/c1-14-17-38-25-40(19(2)3)31-43(22(8)9)28-39(18-15-16-37)29-44(32-40,23(10)11)34-42(27-38,21(6)7)36-45(30-39,24(12)13)35-41(26-38,33-43)20(4)5/h14,19-24,37H,1,15-18H2,2-13H3. The molecule has 0 aromatic heterocycles. The quantitative estimate of drug-likeness (QED) is 0.136. The van der Waals surface area contributed by atoms with Gasteiger partial charge in [-0.15, -0.1) is 6.58 Å². The van der Waals surface area contributed by atoms with E-state index in [1.807, 2.05) is 83.1 Å². The average Bonchev–Trinajstić information content (AvgIpc) is 2.85. The highest BCUT2D eigenvalue weighted by Gasteiger charge is 2.85. The Hall–Kier alpha value is 1.35. The van der Waals surface area contributed by atoms with E-state index in [0.29, 0.717) is 18.2 Å². The molecule has 6 fully saturated rings. The molecule has 21 heteroatoms. The van der Waals surface area contributed by atoms with Crippen LogP contribution < -0.4 is 0 Å². The number of thiol groups is 1. The lowest BCUT2D eigenvalue weighted by atomic mass is 10.6. The molecule has 8 bridgehead atoms. The fraction of sp³-hybridized carbons (Fsp3) is 0.917. The predicted molar refractivity (Wildman–Crippen MR) is 188 cm³/mol. The lowest BCUT2D eigenvalue weighted by Gasteiger charge is -2.65. The first-order valence-electron chi connectivity index (χ1n) is 16.4. The molecule has 0 atom stereocenters. The van der Waals surface area contributed by atoms with E-state index in [0.717, 1.165) is 0 Å². The van der Waals surface area contributed by atoms with E-state index in [-0.39, 0.29) is 39.3 Å². The van der Waals surface area contributed by atoms with E-state index in [1.165, 1.54) is 0 Å². The van der Waals surface area contributed by atoms with Gasteiger partial charge in [0.2, 0.25) is 0 Å². The summed E-state index contributed by atoms with van der Waals surface area (Å²) in [6.45, 7) is 28.6. The lowest BCUT2D eigenvalue weighted by molar-refractivity contribution is -0.0399. The van der Waals surface area contributed by atoms with Crippen LogP contribution in [0, 0.1) is 0 Å². The van der Waals surface area contributed by atoms with Crippen molar-refractivity contribution in [1.29, 1.82) is 0 Å². The van der Waals surface area contributed by atoms with Crippen LogP contribution in [0.5, 0.6) is 0 Å². The Morgan fingerprint density at radius 3 is 0.889 bits per heavy atom. The fourth-order valence-corrected chi connectivity index (χ4v) is 59.4. The number of rotatable bonds is 11. The van der Waals surface area contributed by atoms with Crippen molar-refractivity contribution in [2.75, 3.05) is 5.75 Å². The number of hydrogen-bond donors (Lipinski definition) is 1. The fourth-order valence-electron chi connectivity index (χ4n) is 5.86. The molecule has 260 valence electrons. The highest BCUT2D eigenvalue weighted by atomic mass is 32.1. The molecule has 0 N–H and O–H groups in total. The molecule has 0 aromatic carbocycles. The first-order valence-corrected chi connectivity index (χ1v) is 31.7. The molecule has 12 nitrogen and oxygen atoms in total. The third-order valence-corrected chi connectivity index (χ3v) is 47.3. The highest BCUT2D eigenvalue weighted by Crippen LogP contribution is 2.58. The Balaban J connectivity index is 1.97. The summed E-state index contributed by atoms with van der Waals surface area (Å²) in [5.74, 6) is 0.601. The molecule has 6 aliphatic rings. The van der Waals surface area contributed by atoms with Gasteiger partial charge in [-0.2, -0.15) is 12.6 Å². The Morgan fingerprint density at radius 1 is 0.444 bits per heavy atom. The molecule has 0 radical (unpaired) electrons. The molecule has 0 unspecified atom stereocenters. The Labute approximate surface area is 284 Å². The van der Waals surface area contributed by atoms with Crippen LogP contribution in [0.15, 0.2) is 12.7 Å². The van der Waals surface area contributed by atoms with Crippen molar-refractivity contribution in [3.05, 3.63) is 12.7 Å². The van der Waals surface area contributed by atoms with Crippen molar-refractivity contribution in [3.63, 3.8) is 0 Å². The van der Waals surface area contributed by atoms with E-state index in [2.05, 4.69) is 19.2 Å². The van der Waals surface area contributed by atoms with Crippen molar-refractivity contribution in [1.82, 2.24) is 0 Å². The summed E-state index contributed by atoms with van der Waals surface area (Å²) < 4.78 is 89.3. The minimum absolute atomic E-state index is 0.240. The van der Waals surface area contributed by atoms with Crippen molar-refractivity contribution in [2.45, 2.75) is 135 Å². The van der Waals surface area contributed by atoms with Gasteiger partial charge in [-0.25, -0.2) is 0 Å². The maximum Gasteiger partial charge on any atom is 0.482 e. The average molecular weight is 791 g/mol. The SMILES string of the molecule is C=CC[Si]12O[Si]3(C(C)C)O[Si]4(C(C)C)O[Si]5(CCCS)O[Si](C(C)C)(O3)O[Si](C(C)C)(O1)O[Si](C(C)C)(O5)O[Si](C(C)C)(O2)O4. The van der Waals surface area contributed by atoms with Crippen molar-refractivity contribution in [3.8, 4) is 0 Å².